The molecule has 3 heterocycles. The van der Waals surface area contributed by atoms with Crippen molar-refractivity contribution in [3.63, 3.8) is 0 Å². The molecule has 0 amide bonds. The number of fused-ring (bicyclic) bond motifs is 6. The lowest BCUT2D eigenvalue weighted by molar-refractivity contribution is 1.06. The molecule has 0 fully saturated rings. The van der Waals surface area contributed by atoms with Gasteiger partial charge in [-0.25, -0.2) is 15.0 Å². The van der Waals surface area contributed by atoms with Crippen LogP contribution >= 0.6 is 0 Å². The number of nitrogens with zero attached hydrogens (tertiary/aromatic N) is 6. The van der Waals surface area contributed by atoms with E-state index in [1.165, 1.54) is 89.0 Å². The first-order chi connectivity index (χ1) is 42.5. The molecule has 0 bridgehead atoms. The maximum absolute atomic E-state index is 11.8. The molecule has 14 rings (SSSR count). The van der Waals surface area contributed by atoms with Crippen LogP contribution in [0.15, 0.2) is 194 Å². The molecule has 0 spiro atoms. The normalized spacial score (nSPS) is 11.6. The minimum atomic E-state index is 0.405. The van der Waals surface area contributed by atoms with Gasteiger partial charge < -0.3 is 9.13 Å². The van der Waals surface area contributed by atoms with E-state index in [0.29, 0.717) is 28.6 Å². The Hall–Kier alpha value is -10.5. The summed E-state index contributed by atoms with van der Waals surface area (Å²) in [5.74, 6) is 1.44. The van der Waals surface area contributed by atoms with Gasteiger partial charge in [-0.2, -0.15) is 5.26 Å². The lowest BCUT2D eigenvalue weighted by Crippen LogP contribution is -2.07. The van der Waals surface area contributed by atoms with Crippen LogP contribution < -0.4 is 0 Å². The van der Waals surface area contributed by atoms with Crippen molar-refractivity contribution in [1.29, 1.82) is 5.26 Å². The monoisotopic (exact) mass is 1140 g/mol. The molecular weight excluding hydrogens is 1070 g/mol. The van der Waals surface area contributed by atoms with Crippen LogP contribution in [0, 0.1) is 94.4 Å². The van der Waals surface area contributed by atoms with Gasteiger partial charge in [0.2, 0.25) is 0 Å². The molecule has 6 heteroatoms. The second-order valence-electron chi connectivity index (χ2n) is 24.7. The van der Waals surface area contributed by atoms with Gasteiger partial charge in [-0.05, 0) is 233 Å². The molecular formula is C82H68N6. The number of hydrogen-bond acceptors (Lipinski definition) is 4. The molecule has 0 aliphatic heterocycles. The van der Waals surface area contributed by atoms with Gasteiger partial charge in [0.05, 0.1) is 45.1 Å². The van der Waals surface area contributed by atoms with Crippen molar-refractivity contribution in [3.05, 3.63) is 266 Å². The maximum Gasteiger partial charge on any atom is 0.165 e. The lowest BCUT2D eigenvalue weighted by Gasteiger charge is -2.20. The zero-order chi connectivity index (χ0) is 61.0. The molecule has 0 atom stereocenters. The highest BCUT2D eigenvalue weighted by atomic mass is 15.1. The number of benzene rings is 11. The summed E-state index contributed by atoms with van der Waals surface area (Å²) >= 11 is 0. The van der Waals surface area contributed by atoms with Crippen LogP contribution in [0.4, 0.5) is 0 Å². The molecule has 14 aromatic rings. The van der Waals surface area contributed by atoms with Crippen LogP contribution in [0.2, 0.25) is 0 Å². The van der Waals surface area contributed by atoms with Gasteiger partial charge in [0.25, 0.3) is 0 Å². The third-order valence-electron chi connectivity index (χ3n) is 18.1. The first kappa shape index (κ1) is 55.4. The average molecular weight is 1140 g/mol. The zero-order valence-corrected chi connectivity index (χ0v) is 52.2. The summed E-state index contributed by atoms with van der Waals surface area (Å²) in [6, 6.07) is 73.3. The van der Waals surface area contributed by atoms with Gasteiger partial charge in [-0.3, -0.25) is 0 Å². The van der Waals surface area contributed by atoms with Crippen molar-refractivity contribution in [1.82, 2.24) is 24.1 Å². The molecule has 0 saturated heterocycles. The molecule has 0 radical (unpaired) electrons. The Morgan fingerprint density at radius 2 is 0.557 bits per heavy atom. The smallest absolute Gasteiger partial charge is 0.165 e. The zero-order valence-electron chi connectivity index (χ0n) is 52.2. The van der Waals surface area contributed by atoms with Crippen LogP contribution in [0.3, 0.4) is 0 Å². The second-order valence-corrected chi connectivity index (χ2v) is 24.7. The average Bonchev–Trinajstić information content (AvgIpc) is 1.58. The second kappa shape index (κ2) is 21.5. The minimum absolute atomic E-state index is 0.405. The van der Waals surface area contributed by atoms with Gasteiger partial charge in [0, 0.05) is 38.2 Å². The highest BCUT2D eigenvalue weighted by Crippen LogP contribution is 2.46. The fourth-order valence-electron chi connectivity index (χ4n) is 14.9. The Balaban J connectivity index is 1.13. The fraction of sp³-hybridized carbons (Fsp3) is 0.146. The molecule has 11 aromatic carbocycles. The molecule has 0 aliphatic rings. The van der Waals surface area contributed by atoms with E-state index in [9.17, 15) is 5.26 Å². The van der Waals surface area contributed by atoms with Gasteiger partial charge in [-0.15, -0.1) is 0 Å². The third-order valence-corrected chi connectivity index (χ3v) is 18.1. The summed E-state index contributed by atoms with van der Waals surface area (Å²) in [6.07, 6.45) is 0. The number of aryl methyl sites for hydroxylation is 12. The van der Waals surface area contributed by atoms with E-state index in [4.69, 9.17) is 15.0 Å². The van der Waals surface area contributed by atoms with Crippen LogP contribution in [0.1, 0.15) is 72.3 Å². The molecule has 0 N–H and O–H groups in total. The largest absolute Gasteiger partial charge is 0.307 e. The summed E-state index contributed by atoms with van der Waals surface area (Å²) in [5, 5.41) is 16.3. The molecule has 0 saturated carbocycles. The van der Waals surface area contributed by atoms with Crippen molar-refractivity contribution in [3.8, 4) is 96.1 Å². The minimum Gasteiger partial charge on any atom is -0.307 e. The summed E-state index contributed by atoms with van der Waals surface area (Å²) in [5.41, 5.74) is 33.1. The van der Waals surface area contributed by atoms with Gasteiger partial charge in [-0.1, -0.05) is 156 Å². The Morgan fingerprint density at radius 1 is 0.284 bits per heavy atom. The number of hydrogen-bond donors (Lipinski definition) is 0. The van der Waals surface area contributed by atoms with Crippen LogP contribution in [0.5, 0.6) is 0 Å². The summed E-state index contributed by atoms with van der Waals surface area (Å²) in [4.78, 5) is 15.7. The first-order valence-electron chi connectivity index (χ1n) is 30.5. The van der Waals surface area contributed by atoms with E-state index in [1.807, 2.05) is 60.7 Å². The quantitative estimate of drug-likeness (QED) is 0.144. The summed E-state index contributed by atoms with van der Waals surface area (Å²) in [7, 11) is 0. The summed E-state index contributed by atoms with van der Waals surface area (Å²) in [6.45, 7) is 26.5. The third kappa shape index (κ3) is 9.37. The highest BCUT2D eigenvalue weighted by molar-refractivity contribution is 6.14. The van der Waals surface area contributed by atoms with E-state index in [1.54, 1.807) is 0 Å². The van der Waals surface area contributed by atoms with Crippen molar-refractivity contribution in [2.24, 2.45) is 0 Å². The molecule has 0 unspecified atom stereocenters. The van der Waals surface area contributed by atoms with Gasteiger partial charge >= 0.3 is 0 Å². The SMILES string of the molecule is Cc1cc(C)c(-c2ccc3c(c2)c2cc(-c4c(C)cc(C)cc4C)ccc2n3-c2cc(C#N)c(-c3nc(-c4ccccc4)nc(-c4ccccc4)n3)cc2-n2c3ccc(-c4c(C)cc(C)cc4C)cc3c3cc(-c4c(C)cc(C)cc4C)ccc32)c(C)c1. The molecule has 6 nitrogen and oxygen atoms in total. The molecule has 0 aliphatic carbocycles. The Bertz CT molecular complexity index is 4900. The fourth-order valence-corrected chi connectivity index (χ4v) is 14.9. The standard InChI is InChI=1S/C82H68N6/c1-46-31-50(5)76(51(6)32-46)60-23-27-70-66(39-60)67-40-61(77-52(7)33-47(2)34-53(77)8)24-28-71(67)87(70)74-43-64(45-83)65(82-85-80(58-19-15-13-16-20-58)84-81(86-82)59-21-17-14-18-22-59)44-75(74)88-72-29-25-62(78-54(9)35-48(3)36-55(78)10)41-68(72)69-42-63(26-30-73(69)88)79-56(11)37-49(4)38-57(79)12/h13-44H,1-12H3. The first-order valence-corrected chi connectivity index (χ1v) is 30.5. The van der Waals surface area contributed by atoms with Crippen molar-refractivity contribution >= 4 is 43.6 Å². The predicted octanol–water partition coefficient (Wildman–Crippen LogP) is 21.3. The number of nitriles is 1. The number of rotatable bonds is 9. The highest BCUT2D eigenvalue weighted by Gasteiger charge is 2.27. The van der Waals surface area contributed by atoms with E-state index >= 15 is 0 Å². The van der Waals surface area contributed by atoms with E-state index in [2.05, 4.69) is 232 Å². The van der Waals surface area contributed by atoms with Crippen molar-refractivity contribution < 1.29 is 0 Å². The van der Waals surface area contributed by atoms with Crippen LogP contribution in [-0.2, 0) is 0 Å². The molecule has 88 heavy (non-hydrogen) atoms. The Kier molecular flexibility index (Phi) is 13.5. The molecule has 3 aromatic heterocycles. The van der Waals surface area contributed by atoms with Crippen molar-refractivity contribution in [2.45, 2.75) is 83.1 Å². The summed E-state index contributed by atoms with van der Waals surface area (Å²) < 4.78 is 4.83. The van der Waals surface area contributed by atoms with E-state index in [-0.39, 0.29) is 0 Å². The van der Waals surface area contributed by atoms with E-state index in [0.717, 1.165) is 88.4 Å². The molecule has 426 valence electrons. The predicted molar refractivity (Wildman–Crippen MR) is 368 cm³/mol. The number of aromatic nitrogens is 5. The topological polar surface area (TPSA) is 72.3 Å². The maximum atomic E-state index is 11.8. The van der Waals surface area contributed by atoms with E-state index < -0.39 is 0 Å². The van der Waals surface area contributed by atoms with Crippen LogP contribution in [-0.4, -0.2) is 24.1 Å². The van der Waals surface area contributed by atoms with Gasteiger partial charge in [0.1, 0.15) is 0 Å². The van der Waals surface area contributed by atoms with Crippen molar-refractivity contribution in [2.75, 3.05) is 0 Å². The Morgan fingerprint density at radius 3 is 0.841 bits per heavy atom. The lowest BCUT2D eigenvalue weighted by atomic mass is 9.91. The Labute approximate surface area is 515 Å². The van der Waals surface area contributed by atoms with Crippen LogP contribution in [0.25, 0.3) is 134 Å². The van der Waals surface area contributed by atoms with Gasteiger partial charge in [0.15, 0.2) is 17.5 Å².